The molecule has 232 valence electrons. The van der Waals surface area contributed by atoms with Crippen LogP contribution in [0.1, 0.15) is 18.4 Å². The van der Waals surface area contributed by atoms with Crippen LogP contribution in [0.3, 0.4) is 0 Å². The first-order valence-corrected chi connectivity index (χ1v) is 14.4. The predicted molar refractivity (Wildman–Crippen MR) is 143 cm³/mol. The third kappa shape index (κ3) is 6.42. The second-order valence-electron chi connectivity index (χ2n) is 9.87. The lowest BCUT2D eigenvalue weighted by Crippen LogP contribution is -2.48. The minimum absolute atomic E-state index is 0.00519. The highest BCUT2D eigenvalue weighted by atomic mass is 32.2. The maximum Gasteiger partial charge on any atom is 0.573 e. The number of aliphatic carboxylic acids is 1. The maximum absolute atomic E-state index is 13.7. The molecule has 2 saturated heterocycles. The van der Waals surface area contributed by atoms with Gasteiger partial charge in [0.2, 0.25) is 5.91 Å². The molecule has 1 amide bonds. The molecule has 1 unspecified atom stereocenters. The summed E-state index contributed by atoms with van der Waals surface area (Å²) in [6, 6.07) is 0.584. The molecule has 1 aromatic carbocycles. The van der Waals surface area contributed by atoms with Crippen molar-refractivity contribution in [2.75, 3.05) is 34.6 Å². The van der Waals surface area contributed by atoms with Gasteiger partial charge in [-0.2, -0.15) is 0 Å². The van der Waals surface area contributed by atoms with Crippen LogP contribution >= 0.6 is 11.3 Å². The standard InChI is InChI=1S/C24H23F5N6O6S2/c25-23(26)3-6-33(11-23)22-32-10-18(42-22)35(43(39)40)15-2-5-34(20(15)36)16(21(37)38)8-13-7-12-1-4-31-19(30)14(12)9-17(13)41-24(27,28)29/h1,4,7,9-10,15-16H,2-3,5-6,8,11H2,(H2,30,31)(H,37,38)(H,39,40)/p-1/t15-,16+/m0/s1. The molecule has 3 atom stereocenters. The first-order chi connectivity index (χ1) is 20.1. The van der Waals surface area contributed by atoms with Crippen LogP contribution in [0.25, 0.3) is 10.8 Å². The van der Waals surface area contributed by atoms with E-state index in [0.717, 1.165) is 28.5 Å². The van der Waals surface area contributed by atoms with Gasteiger partial charge in [-0.15, -0.1) is 13.2 Å². The number of likely N-dealkylation sites (tertiary alicyclic amines) is 1. The van der Waals surface area contributed by atoms with Crippen molar-refractivity contribution in [3.63, 3.8) is 0 Å². The molecule has 3 aromatic rings. The smallest absolute Gasteiger partial charge is 0.573 e. The van der Waals surface area contributed by atoms with Crippen LogP contribution in [-0.2, 0) is 27.3 Å². The molecule has 4 heterocycles. The van der Waals surface area contributed by atoms with E-state index in [0.29, 0.717) is 9.69 Å². The highest BCUT2D eigenvalue weighted by molar-refractivity contribution is 7.81. The van der Waals surface area contributed by atoms with Crippen molar-refractivity contribution in [2.24, 2.45) is 0 Å². The van der Waals surface area contributed by atoms with Gasteiger partial charge in [0, 0.05) is 48.8 Å². The predicted octanol–water partition coefficient (Wildman–Crippen LogP) is 2.91. The molecule has 3 N–H and O–H groups in total. The summed E-state index contributed by atoms with van der Waals surface area (Å²) >= 11 is -2.28. The number of carbonyl (C=O) groups is 2. The van der Waals surface area contributed by atoms with E-state index >= 15 is 0 Å². The van der Waals surface area contributed by atoms with E-state index in [1.165, 1.54) is 23.2 Å². The fourth-order valence-corrected chi connectivity index (χ4v) is 6.93. The highest BCUT2D eigenvalue weighted by Crippen LogP contribution is 2.39. The quantitative estimate of drug-likeness (QED) is 0.260. The Kier molecular flexibility index (Phi) is 8.07. The fourth-order valence-electron chi connectivity index (χ4n) is 5.14. The molecule has 5 rings (SSSR count). The number of fused-ring (bicyclic) bond motifs is 1. The second-order valence-corrected chi connectivity index (χ2v) is 11.7. The van der Waals surface area contributed by atoms with E-state index in [1.54, 1.807) is 0 Å². The molecule has 0 bridgehead atoms. The van der Waals surface area contributed by atoms with Crippen molar-refractivity contribution >= 4 is 61.2 Å². The number of aromatic nitrogens is 2. The van der Waals surface area contributed by atoms with Crippen LogP contribution in [0, 0.1) is 0 Å². The van der Waals surface area contributed by atoms with Gasteiger partial charge in [0.25, 0.3) is 5.92 Å². The van der Waals surface area contributed by atoms with Gasteiger partial charge >= 0.3 is 12.3 Å². The lowest BCUT2D eigenvalue weighted by Gasteiger charge is -2.31. The summed E-state index contributed by atoms with van der Waals surface area (Å²) in [6.07, 6.45) is -3.88. The number of thiazole rings is 1. The minimum Gasteiger partial charge on any atom is -0.755 e. The monoisotopic (exact) mass is 649 g/mol. The number of nitrogens with zero attached hydrogens (tertiary/aromatic N) is 5. The lowest BCUT2D eigenvalue weighted by atomic mass is 10.00. The number of rotatable bonds is 9. The van der Waals surface area contributed by atoms with Crippen LogP contribution in [-0.4, -0.2) is 84.6 Å². The van der Waals surface area contributed by atoms with Crippen molar-refractivity contribution in [2.45, 2.75) is 43.6 Å². The summed E-state index contributed by atoms with van der Waals surface area (Å²) in [6.45, 7) is -0.846. The molecule has 19 heteroatoms. The number of carbonyl (C=O) groups excluding carboxylic acids is 1. The minimum atomic E-state index is -5.13. The highest BCUT2D eigenvalue weighted by Gasteiger charge is 2.44. The van der Waals surface area contributed by atoms with Crippen molar-refractivity contribution in [3.8, 4) is 5.75 Å². The summed E-state index contributed by atoms with van der Waals surface area (Å²) in [4.78, 5) is 35.8. The van der Waals surface area contributed by atoms with E-state index in [4.69, 9.17) is 5.73 Å². The Hall–Kier alpha value is -3.84. The number of anilines is 3. The fraction of sp³-hybridized carbons (Fsp3) is 0.417. The summed E-state index contributed by atoms with van der Waals surface area (Å²) in [5.41, 5.74) is 5.58. The molecule has 0 radical (unpaired) electrons. The Bertz CT molecular complexity index is 1590. The van der Waals surface area contributed by atoms with Crippen molar-refractivity contribution in [3.05, 3.63) is 36.2 Å². The second kappa shape index (κ2) is 11.3. The van der Waals surface area contributed by atoms with Gasteiger partial charge in [-0.1, -0.05) is 11.3 Å². The third-order valence-corrected chi connectivity index (χ3v) is 9.02. The maximum atomic E-state index is 13.7. The van der Waals surface area contributed by atoms with E-state index in [-0.39, 0.29) is 46.4 Å². The van der Waals surface area contributed by atoms with Crippen LogP contribution < -0.4 is 19.7 Å². The summed E-state index contributed by atoms with van der Waals surface area (Å²) in [5.74, 6) is -6.21. The number of hydrogen-bond acceptors (Lipinski definition) is 10. The molecule has 0 spiro atoms. The van der Waals surface area contributed by atoms with Crippen LogP contribution in [0.4, 0.5) is 37.9 Å². The van der Waals surface area contributed by atoms with Gasteiger partial charge in [-0.25, -0.2) is 23.5 Å². The van der Waals surface area contributed by atoms with Gasteiger partial charge in [0.15, 0.2) is 5.13 Å². The van der Waals surface area contributed by atoms with E-state index in [1.807, 2.05) is 0 Å². The van der Waals surface area contributed by atoms with E-state index in [2.05, 4.69) is 14.7 Å². The summed E-state index contributed by atoms with van der Waals surface area (Å²) in [5, 5.41) is 10.6. The van der Waals surface area contributed by atoms with Crippen molar-refractivity contribution < 1.29 is 50.1 Å². The van der Waals surface area contributed by atoms with Crippen molar-refractivity contribution in [1.29, 1.82) is 0 Å². The lowest BCUT2D eigenvalue weighted by molar-refractivity contribution is -0.274. The molecule has 2 fully saturated rings. The molecular formula is C24H22F5N6O6S2-. The molecule has 2 aliphatic heterocycles. The Morgan fingerprint density at radius 2 is 2.07 bits per heavy atom. The zero-order chi connectivity index (χ0) is 31.3. The Morgan fingerprint density at radius 3 is 2.70 bits per heavy atom. The number of alkyl halides is 5. The van der Waals surface area contributed by atoms with Gasteiger partial charge in [0.1, 0.15) is 28.7 Å². The van der Waals surface area contributed by atoms with E-state index < -0.39 is 72.6 Å². The topological polar surface area (TPSA) is 165 Å². The molecule has 43 heavy (non-hydrogen) atoms. The number of carboxylic acids is 1. The zero-order valence-electron chi connectivity index (χ0n) is 21.8. The number of ether oxygens (including phenoxy) is 1. The molecule has 12 nitrogen and oxygen atoms in total. The number of hydrogen-bond donors (Lipinski definition) is 2. The third-order valence-electron chi connectivity index (χ3n) is 7.07. The summed E-state index contributed by atoms with van der Waals surface area (Å²) < 4.78 is 96.4. The van der Waals surface area contributed by atoms with Crippen LogP contribution in [0.15, 0.2) is 30.6 Å². The molecule has 0 aliphatic carbocycles. The largest absolute Gasteiger partial charge is 0.755 e. The number of pyridine rings is 1. The first kappa shape index (κ1) is 30.6. The average Bonchev–Trinajstić information content (AvgIpc) is 3.62. The molecular weight excluding hydrogens is 627 g/mol. The summed E-state index contributed by atoms with van der Waals surface area (Å²) in [7, 11) is 0. The number of amides is 1. The Balaban J connectivity index is 1.42. The molecule has 2 aliphatic rings. The Morgan fingerprint density at radius 1 is 1.33 bits per heavy atom. The van der Waals surface area contributed by atoms with Gasteiger partial charge in [-0.3, -0.25) is 13.3 Å². The number of benzene rings is 1. The van der Waals surface area contributed by atoms with E-state index in [9.17, 15) is 45.4 Å². The molecule has 2 aromatic heterocycles. The van der Waals surface area contributed by atoms with Gasteiger partial charge in [-0.05, 0) is 35.6 Å². The van der Waals surface area contributed by atoms with Crippen LogP contribution in [0.5, 0.6) is 5.75 Å². The number of halogens is 5. The van der Waals surface area contributed by atoms with Gasteiger partial charge < -0.3 is 29.9 Å². The van der Waals surface area contributed by atoms with Gasteiger partial charge in [0.05, 0.1) is 12.7 Å². The number of nitrogens with two attached hydrogens (primary N) is 1. The Labute approximate surface area is 246 Å². The first-order valence-electron chi connectivity index (χ1n) is 12.6. The average molecular weight is 650 g/mol. The normalized spacial score (nSPS) is 20.0. The zero-order valence-corrected chi connectivity index (χ0v) is 23.4. The van der Waals surface area contributed by atoms with Crippen LogP contribution in [0.2, 0.25) is 0 Å². The number of nitrogen functional groups attached to an aromatic ring is 1. The molecule has 0 saturated carbocycles. The SMILES string of the molecule is Nc1nccc2cc(C[C@H](C(=O)O)N3CC[C@H](N(c4cnc(N5CCC(F)(F)C5)s4)S(=O)[O-])C3=O)c(OC(F)(F)F)cc12. The van der Waals surface area contributed by atoms with Crippen molar-refractivity contribution in [1.82, 2.24) is 14.9 Å². The number of carboxylic acid groups (broad SMARTS) is 1.